The van der Waals surface area contributed by atoms with Crippen molar-refractivity contribution in [2.45, 2.75) is 60.9 Å². The molecule has 0 saturated carbocycles. The van der Waals surface area contributed by atoms with E-state index in [1.165, 1.54) is 0 Å². The molecule has 1 aliphatic carbocycles. The molecule has 11 heteroatoms. The summed E-state index contributed by atoms with van der Waals surface area (Å²) in [6.45, 7) is 12.8. The Labute approximate surface area is 243 Å². The largest absolute Gasteiger partial charge is 0.465 e. The molecule has 3 rings (SSSR count). The Kier molecular flexibility index (Phi) is 9.98. The van der Waals surface area contributed by atoms with Crippen molar-refractivity contribution in [3.05, 3.63) is 55.8 Å². The van der Waals surface area contributed by atoms with Gasteiger partial charge in [0, 0.05) is 5.54 Å². The van der Waals surface area contributed by atoms with Crippen molar-refractivity contribution in [1.29, 1.82) is 0 Å². The van der Waals surface area contributed by atoms with Gasteiger partial charge in [-0.3, -0.25) is 9.59 Å². The van der Waals surface area contributed by atoms with Crippen molar-refractivity contribution in [1.82, 2.24) is 5.32 Å². The highest BCUT2D eigenvalue weighted by molar-refractivity contribution is 6.22. The third-order valence-electron chi connectivity index (χ3n) is 6.13. The summed E-state index contributed by atoms with van der Waals surface area (Å²) in [7, 11) is 0. The molecule has 0 saturated heterocycles. The number of carbonyl (C=O) groups excluding carboxylic acids is 4. The predicted octanol–water partition coefficient (Wildman–Crippen LogP) is 1.93. The van der Waals surface area contributed by atoms with Gasteiger partial charge >= 0.3 is 23.9 Å². The van der Waals surface area contributed by atoms with Gasteiger partial charge in [-0.25, -0.2) is 14.4 Å². The second kappa shape index (κ2) is 13.1. The van der Waals surface area contributed by atoms with Gasteiger partial charge < -0.3 is 28.7 Å². The van der Waals surface area contributed by atoms with Gasteiger partial charge in [0.05, 0.1) is 59.4 Å². The van der Waals surface area contributed by atoms with Gasteiger partial charge in [0.1, 0.15) is 11.5 Å². The molecule has 0 aliphatic heterocycles. The van der Waals surface area contributed by atoms with Gasteiger partial charge in [0.25, 0.3) is 0 Å². The second-order valence-corrected chi connectivity index (χ2v) is 10.4. The Morgan fingerprint density at radius 1 is 0.833 bits per heavy atom. The van der Waals surface area contributed by atoms with Gasteiger partial charge in [-0.1, -0.05) is 6.07 Å². The summed E-state index contributed by atoms with van der Waals surface area (Å²) in [5.41, 5.74) is -2.55. The van der Waals surface area contributed by atoms with Crippen LogP contribution >= 0.6 is 0 Å². The van der Waals surface area contributed by atoms with Crippen molar-refractivity contribution in [3.8, 4) is 0 Å². The summed E-state index contributed by atoms with van der Waals surface area (Å²) < 4.78 is 27.6. The fraction of sp³-hybridized carbons (Fsp3) is 0.452. The first kappa shape index (κ1) is 32.1. The maximum absolute atomic E-state index is 14.3. The van der Waals surface area contributed by atoms with Crippen LogP contribution in [0, 0.1) is 12.8 Å². The minimum atomic E-state index is -1.87. The van der Waals surface area contributed by atoms with E-state index in [1.807, 2.05) is 0 Å². The molecule has 1 aromatic heterocycles. The molecule has 1 aliphatic rings. The predicted molar refractivity (Wildman–Crippen MR) is 153 cm³/mol. The van der Waals surface area contributed by atoms with E-state index in [-0.39, 0.29) is 53.7 Å². The molecular weight excluding hydrogens is 546 g/mol. The van der Waals surface area contributed by atoms with Gasteiger partial charge in [-0.05, 0) is 73.1 Å². The monoisotopic (exact) mass is 583 g/mol. The fourth-order valence-electron chi connectivity index (χ4n) is 4.62. The first-order valence-electron chi connectivity index (χ1n) is 13.8. The molecule has 2 aromatic rings. The molecule has 0 fully saturated rings. The minimum absolute atomic E-state index is 0.0990. The molecule has 0 bridgehead atoms. The first-order valence-corrected chi connectivity index (χ1v) is 13.8. The van der Waals surface area contributed by atoms with Crippen LogP contribution in [0.4, 0.5) is 0 Å². The molecule has 11 nitrogen and oxygen atoms in total. The SMILES string of the molecule is CCOC(=O)C1=C(C(=O)OCC)C(C(=O)OCC)C(C(=O)OCC)=c2oc3cc(C)ccc3c(=O)c2=C1NC(C)(C)C. The zero-order chi connectivity index (χ0) is 31.4. The average molecular weight is 584 g/mol. The number of ether oxygens (including phenoxy) is 4. The zero-order valence-electron chi connectivity index (χ0n) is 25.2. The summed E-state index contributed by atoms with van der Waals surface area (Å²) >= 11 is 0. The normalized spacial score (nSPS) is 15.1. The Balaban J connectivity index is 2.86. The number of aryl methyl sites for hydroxylation is 1. The lowest BCUT2D eigenvalue weighted by atomic mass is 9.87. The molecule has 1 atom stereocenters. The zero-order valence-corrected chi connectivity index (χ0v) is 25.2. The Morgan fingerprint density at radius 3 is 1.93 bits per heavy atom. The molecule has 226 valence electrons. The topological polar surface area (TPSA) is 147 Å². The number of nitrogens with one attached hydrogen (secondary N) is 1. The Morgan fingerprint density at radius 2 is 1.38 bits per heavy atom. The van der Waals surface area contributed by atoms with Crippen molar-refractivity contribution in [2.75, 3.05) is 26.4 Å². The maximum Gasteiger partial charge on any atom is 0.340 e. The van der Waals surface area contributed by atoms with Crippen LogP contribution in [-0.4, -0.2) is 55.8 Å². The lowest BCUT2D eigenvalue weighted by Crippen LogP contribution is -2.49. The van der Waals surface area contributed by atoms with Crippen molar-refractivity contribution < 1.29 is 42.5 Å². The van der Waals surface area contributed by atoms with Gasteiger partial charge in [0.2, 0.25) is 5.43 Å². The van der Waals surface area contributed by atoms with E-state index < -0.39 is 57.5 Å². The van der Waals surface area contributed by atoms with E-state index in [1.54, 1.807) is 73.6 Å². The van der Waals surface area contributed by atoms with Crippen LogP contribution in [0.5, 0.6) is 0 Å². The van der Waals surface area contributed by atoms with Crippen molar-refractivity contribution in [2.24, 2.45) is 5.92 Å². The minimum Gasteiger partial charge on any atom is -0.465 e. The number of rotatable bonds is 9. The molecule has 1 heterocycles. The summed E-state index contributed by atoms with van der Waals surface area (Å²) in [5.74, 6) is -6.09. The van der Waals surface area contributed by atoms with Crippen LogP contribution in [0.1, 0.15) is 54.0 Å². The molecule has 0 spiro atoms. The Bertz CT molecular complexity index is 1640. The number of esters is 4. The van der Waals surface area contributed by atoms with Crippen LogP contribution in [0.25, 0.3) is 22.2 Å². The molecule has 42 heavy (non-hydrogen) atoms. The molecular formula is C31H37NO10. The third-order valence-corrected chi connectivity index (χ3v) is 6.13. The quantitative estimate of drug-likeness (QED) is 0.341. The number of hydrogen-bond acceptors (Lipinski definition) is 11. The van der Waals surface area contributed by atoms with E-state index in [0.717, 1.165) is 5.56 Å². The molecule has 1 aromatic carbocycles. The summed E-state index contributed by atoms with van der Waals surface area (Å²) in [4.78, 5) is 69.2. The van der Waals surface area contributed by atoms with Crippen LogP contribution < -0.4 is 21.4 Å². The second-order valence-electron chi connectivity index (χ2n) is 10.4. The van der Waals surface area contributed by atoms with E-state index in [0.29, 0.717) is 0 Å². The number of carbonyl (C=O) groups is 4. The lowest BCUT2D eigenvalue weighted by Gasteiger charge is -2.27. The highest BCUT2D eigenvalue weighted by atomic mass is 16.5. The van der Waals surface area contributed by atoms with E-state index in [9.17, 15) is 24.0 Å². The fourth-order valence-corrected chi connectivity index (χ4v) is 4.62. The van der Waals surface area contributed by atoms with Gasteiger partial charge in [-0.2, -0.15) is 0 Å². The van der Waals surface area contributed by atoms with Crippen LogP contribution in [0.3, 0.4) is 0 Å². The molecule has 0 amide bonds. The smallest absolute Gasteiger partial charge is 0.340 e. The van der Waals surface area contributed by atoms with Crippen molar-refractivity contribution in [3.63, 3.8) is 0 Å². The standard InChI is InChI=1S/C31H37NO10/c1-9-38-27(34)19-20(28(35)39-10-2)22(30(37)41-12-4)26-23(25(33)17-14-13-16(5)15-18(17)42-26)24(32-31(6,7)8)21(19)29(36)40-11-3/h13-15,20,32H,9-12H2,1-8H3. The Hall–Kier alpha value is -4.41. The highest BCUT2D eigenvalue weighted by Gasteiger charge is 2.45. The third kappa shape index (κ3) is 6.40. The van der Waals surface area contributed by atoms with Gasteiger partial charge in [0.15, 0.2) is 5.42 Å². The van der Waals surface area contributed by atoms with Gasteiger partial charge in [-0.15, -0.1) is 0 Å². The highest BCUT2D eigenvalue weighted by Crippen LogP contribution is 2.33. The van der Waals surface area contributed by atoms with E-state index >= 15 is 0 Å². The number of benzene rings is 1. The van der Waals surface area contributed by atoms with Crippen LogP contribution in [0.15, 0.2) is 38.6 Å². The summed E-state index contributed by atoms with van der Waals surface area (Å²) in [6.07, 6.45) is 0. The molecule has 0 radical (unpaired) electrons. The van der Waals surface area contributed by atoms with Crippen molar-refractivity contribution >= 4 is 46.1 Å². The van der Waals surface area contributed by atoms with Crippen LogP contribution in [0.2, 0.25) is 0 Å². The lowest BCUT2D eigenvalue weighted by molar-refractivity contribution is -0.150. The first-order chi connectivity index (χ1) is 19.8. The number of hydrogen-bond donors (Lipinski definition) is 1. The summed E-state index contributed by atoms with van der Waals surface area (Å²) in [6, 6.07) is 4.87. The van der Waals surface area contributed by atoms with E-state index in [2.05, 4.69) is 5.32 Å². The average Bonchev–Trinajstić information content (AvgIpc) is 3.01. The number of fused-ring (bicyclic) bond motifs is 2. The maximum atomic E-state index is 14.3. The molecule has 1 N–H and O–H groups in total. The van der Waals surface area contributed by atoms with E-state index in [4.69, 9.17) is 23.4 Å². The molecule has 1 unspecified atom stereocenters. The summed E-state index contributed by atoms with van der Waals surface area (Å²) in [5, 5.41) is 3.04. The van der Waals surface area contributed by atoms with Crippen LogP contribution in [-0.2, 0) is 38.1 Å².